The van der Waals surface area contributed by atoms with Crippen molar-refractivity contribution in [3.8, 4) is 17.6 Å². The molecule has 0 atom stereocenters. The van der Waals surface area contributed by atoms with Gasteiger partial charge >= 0.3 is 0 Å². The van der Waals surface area contributed by atoms with Crippen molar-refractivity contribution in [1.29, 1.82) is 0 Å². The van der Waals surface area contributed by atoms with Crippen LogP contribution in [0.2, 0.25) is 0 Å². The Bertz CT molecular complexity index is 723. The minimum absolute atomic E-state index is 0.0353. The lowest BCUT2D eigenvalue weighted by Gasteiger charge is -2.09. The van der Waals surface area contributed by atoms with Crippen LogP contribution >= 0.6 is 0 Å². The summed E-state index contributed by atoms with van der Waals surface area (Å²) in [6, 6.07) is 10.7. The zero-order valence-electron chi connectivity index (χ0n) is 11.9. The van der Waals surface area contributed by atoms with Gasteiger partial charge in [-0.25, -0.2) is 0 Å². The third-order valence-electron chi connectivity index (χ3n) is 3.00. The number of hydrogen-bond acceptors (Lipinski definition) is 3. The standard InChI is InChI=1S/C17H17NO3/c1-14-13-16(8-7-15(14)5-4-11-19)21-12-10-18-9-3-2-6-17(18)20/h2-3,6-9,13,19H,10-12H2,1H3. The van der Waals surface area contributed by atoms with Gasteiger partial charge in [-0.15, -0.1) is 0 Å². The van der Waals surface area contributed by atoms with Gasteiger partial charge in [0.2, 0.25) is 0 Å². The molecule has 1 aromatic heterocycles. The van der Waals surface area contributed by atoms with Crippen LogP contribution in [0.15, 0.2) is 47.4 Å². The van der Waals surface area contributed by atoms with Crippen LogP contribution in [-0.2, 0) is 6.54 Å². The van der Waals surface area contributed by atoms with Crippen molar-refractivity contribution >= 4 is 0 Å². The van der Waals surface area contributed by atoms with E-state index in [4.69, 9.17) is 9.84 Å². The summed E-state index contributed by atoms with van der Waals surface area (Å²) >= 11 is 0. The van der Waals surface area contributed by atoms with Gasteiger partial charge in [-0.3, -0.25) is 4.79 Å². The number of nitrogens with zero attached hydrogens (tertiary/aromatic N) is 1. The monoisotopic (exact) mass is 283 g/mol. The summed E-state index contributed by atoms with van der Waals surface area (Å²) < 4.78 is 7.25. The predicted molar refractivity (Wildman–Crippen MR) is 81.3 cm³/mol. The van der Waals surface area contributed by atoms with Gasteiger partial charge in [0.15, 0.2) is 0 Å². The molecule has 0 saturated heterocycles. The van der Waals surface area contributed by atoms with Gasteiger partial charge < -0.3 is 14.4 Å². The molecule has 21 heavy (non-hydrogen) atoms. The van der Waals surface area contributed by atoms with Crippen LogP contribution in [0.3, 0.4) is 0 Å². The molecule has 4 nitrogen and oxygen atoms in total. The van der Waals surface area contributed by atoms with Gasteiger partial charge in [-0.2, -0.15) is 0 Å². The van der Waals surface area contributed by atoms with Crippen molar-refractivity contribution in [3.63, 3.8) is 0 Å². The highest BCUT2D eigenvalue weighted by molar-refractivity contribution is 5.44. The minimum atomic E-state index is -0.149. The fourth-order valence-electron chi connectivity index (χ4n) is 1.91. The van der Waals surface area contributed by atoms with Crippen molar-refractivity contribution < 1.29 is 9.84 Å². The Morgan fingerprint density at radius 2 is 2.14 bits per heavy atom. The Hall–Kier alpha value is -2.51. The molecule has 0 bridgehead atoms. The summed E-state index contributed by atoms with van der Waals surface area (Å²) in [7, 11) is 0. The van der Waals surface area contributed by atoms with Gasteiger partial charge in [0.05, 0.1) is 6.54 Å². The lowest BCUT2D eigenvalue weighted by molar-refractivity contribution is 0.296. The number of pyridine rings is 1. The van der Waals surface area contributed by atoms with E-state index in [9.17, 15) is 4.79 Å². The molecule has 0 aliphatic carbocycles. The molecule has 108 valence electrons. The first kappa shape index (κ1) is 14.9. The van der Waals surface area contributed by atoms with Crippen LogP contribution in [0.4, 0.5) is 0 Å². The molecule has 1 heterocycles. The molecule has 1 N–H and O–H groups in total. The van der Waals surface area contributed by atoms with Gasteiger partial charge in [0.1, 0.15) is 19.0 Å². The third-order valence-corrected chi connectivity index (χ3v) is 3.00. The van der Waals surface area contributed by atoms with Crippen LogP contribution in [0.25, 0.3) is 0 Å². The average molecular weight is 283 g/mol. The average Bonchev–Trinajstić information content (AvgIpc) is 2.48. The van der Waals surface area contributed by atoms with Crippen molar-refractivity contribution in [3.05, 3.63) is 64.1 Å². The second kappa shape index (κ2) is 7.32. The van der Waals surface area contributed by atoms with E-state index in [1.54, 1.807) is 16.8 Å². The Balaban J connectivity index is 1.96. The SMILES string of the molecule is Cc1cc(OCCn2ccccc2=O)ccc1C#CCO. The third kappa shape index (κ3) is 4.23. The van der Waals surface area contributed by atoms with E-state index in [1.165, 1.54) is 6.07 Å². The number of hydrogen-bond donors (Lipinski definition) is 1. The molecule has 2 aromatic rings. The van der Waals surface area contributed by atoms with Crippen LogP contribution in [0.5, 0.6) is 5.75 Å². The first-order valence-corrected chi connectivity index (χ1v) is 6.69. The summed E-state index contributed by atoms with van der Waals surface area (Å²) in [6.07, 6.45) is 1.74. The molecule has 0 saturated carbocycles. The molecule has 1 aromatic carbocycles. The number of aliphatic hydroxyl groups is 1. The zero-order chi connectivity index (χ0) is 15.1. The quantitative estimate of drug-likeness (QED) is 0.867. The maximum atomic E-state index is 11.5. The topological polar surface area (TPSA) is 51.5 Å². The van der Waals surface area contributed by atoms with E-state index in [0.29, 0.717) is 13.2 Å². The maximum Gasteiger partial charge on any atom is 0.250 e. The Morgan fingerprint density at radius 1 is 1.29 bits per heavy atom. The predicted octanol–water partition coefficient (Wildman–Crippen LogP) is 1.58. The lowest BCUT2D eigenvalue weighted by Crippen LogP contribution is -2.21. The molecule has 0 aliphatic rings. The molecule has 4 heteroatoms. The van der Waals surface area contributed by atoms with Crippen LogP contribution in [-0.4, -0.2) is 22.9 Å². The summed E-state index contributed by atoms with van der Waals surface area (Å²) in [6.45, 7) is 2.72. The highest BCUT2D eigenvalue weighted by atomic mass is 16.5. The molecule has 2 rings (SSSR count). The van der Waals surface area contributed by atoms with Gasteiger partial charge in [-0.05, 0) is 36.8 Å². The minimum Gasteiger partial charge on any atom is -0.492 e. The maximum absolute atomic E-state index is 11.5. The molecule has 0 spiro atoms. The fraction of sp³-hybridized carbons (Fsp3) is 0.235. The highest BCUT2D eigenvalue weighted by Crippen LogP contribution is 2.16. The number of ether oxygens (including phenoxy) is 1. The second-order valence-electron chi connectivity index (χ2n) is 4.52. The highest BCUT2D eigenvalue weighted by Gasteiger charge is 2.00. The van der Waals surface area contributed by atoms with E-state index in [-0.39, 0.29) is 12.2 Å². The van der Waals surface area contributed by atoms with Crippen LogP contribution in [0, 0.1) is 18.8 Å². The lowest BCUT2D eigenvalue weighted by atomic mass is 10.1. The van der Waals surface area contributed by atoms with Crippen LogP contribution in [0.1, 0.15) is 11.1 Å². The van der Waals surface area contributed by atoms with Crippen molar-refractivity contribution in [2.45, 2.75) is 13.5 Å². The largest absolute Gasteiger partial charge is 0.492 e. The van der Waals surface area contributed by atoms with Gasteiger partial charge in [-0.1, -0.05) is 17.9 Å². The number of rotatable bonds is 4. The molecule has 0 radical (unpaired) electrons. The van der Waals surface area contributed by atoms with E-state index < -0.39 is 0 Å². The van der Waals surface area contributed by atoms with E-state index >= 15 is 0 Å². The summed E-state index contributed by atoms with van der Waals surface area (Å²) in [5.74, 6) is 6.24. The Morgan fingerprint density at radius 3 is 2.86 bits per heavy atom. The molecular formula is C17H17NO3. The van der Waals surface area contributed by atoms with Crippen molar-refractivity contribution in [2.75, 3.05) is 13.2 Å². The number of aliphatic hydroxyl groups excluding tert-OH is 1. The van der Waals surface area contributed by atoms with E-state index in [2.05, 4.69) is 11.8 Å². The summed E-state index contributed by atoms with van der Waals surface area (Å²) in [5.41, 5.74) is 1.83. The molecule has 0 amide bonds. The van der Waals surface area contributed by atoms with Crippen molar-refractivity contribution in [2.24, 2.45) is 0 Å². The smallest absolute Gasteiger partial charge is 0.250 e. The molecular weight excluding hydrogens is 266 g/mol. The Kier molecular flexibility index (Phi) is 5.19. The number of aromatic nitrogens is 1. The van der Waals surface area contributed by atoms with Gasteiger partial charge in [0, 0.05) is 17.8 Å². The first-order valence-electron chi connectivity index (χ1n) is 6.69. The second-order valence-corrected chi connectivity index (χ2v) is 4.52. The Labute approximate surface area is 123 Å². The van der Waals surface area contributed by atoms with Crippen LogP contribution < -0.4 is 10.3 Å². The van der Waals surface area contributed by atoms with E-state index in [0.717, 1.165) is 16.9 Å². The van der Waals surface area contributed by atoms with Gasteiger partial charge in [0.25, 0.3) is 5.56 Å². The fourth-order valence-corrected chi connectivity index (χ4v) is 1.91. The summed E-state index contributed by atoms with van der Waals surface area (Å²) in [5, 5.41) is 8.69. The number of aryl methyl sites for hydroxylation is 1. The molecule has 0 aliphatic heterocycles. The first-order chi connectivity index (χ1) is 10.2. The zero-order valence-corrected chi connectivity index (χ0v) is 11.9. The molecule has 0 fully saturated rings. The normalized spacial score (nSPS) is 9.81. The van der Waals surface area contributed by atoms with Crippen molar-refractivity contribution in [1.82, 2.24) is 4.57 Å². The summed E-state index contributed by atoms with van der Waals surface area (Å²) in [4.78, 5) is 11.5. The van der Waals surface area contributed by atoms with E-state index in [1.807, 2.05) is 31.2 Å². The number of benzene rings is 1. The molecule has 0 unspecified atom stereocenters.